The number of hydrogen-bond acceptors (Lipinski definition) is 9. The first-order valence-electron chi connectivity index (χ1n) is 11.3. The van der Waals surface area contributed by atoms with Crippen LogP contribution in [0.15, 0.2) is 28.0 Å². The summed E-state index contributed by atoms with van der Waals surface area (Å²) < 4.78 is 12.5. The van der Waals surface area contributed by atoms with Gasteiger partial charge in [0.1, 0.15) is 15.8 Å². The molecule has 4 heterocycles. The number of thiocarbonyl (C=S) groups is 1. The van der Waals surface area contributed by atoms with Crippen molar-refractivity contribution in [3.8, 4) is 0 Å². The Bertz CT molecular complexity index is 1160. The summed E-state index contributed by atoms with van der Waals surface area (Å²) in [5, 5.41) is 3.34. The van der Waals surface area contributed by atoms with E-state index in [1.807, 2.05) is 19.1 Å². The number of amides is 1. The Balaban J connectivity index is 1.64. The van der Waals surface area contributed by atoms with E-state index in [0.29, 0.717) is 52.4 Å². The molecule has 2 aliphatic rings. The molecule has 0 radical (unpaired) electrons. The van der Waals surface area contributed by atoms with E-state index in [1.165, 1.54) is 16.2 Å². The van der Waals surface area contributed by atoms with Crippen molar-refractivity contribution in [1.29, 1.82) is 0 Å². The number of carbonyl (C=O) groups is 1. The van der Waals surface area contributed by atoms with Crippen LogP contribution in [0.5, 0.6) is 0 Å². The summed E-state index contributed by atoms with van der Waals surface area (Å²) in [6, 6.07) is 3.74. The van der Waals surface area contributed by atoms with E-state index in [-0.39, 0.29) is 11.5 Å². The van der Waals surface area contributed by atoms with Gasteiger partial charge in [0.25, 0.3) is 11.5 Å². The van der Waals surface area contributed by atoms with Gasteiger partial charge in [0.2, 0.25) is 0 Å². The van der Waals surface area contributed by atoms with Crippen LogP contribution in [0, 0.1) is 6.92 Å². The zero-order valence-corrected chi connectivity index (χ0v) is 21.0. The van der Waals surface area contributed by atoms with Gasteiger partial charge in [-0.1, -0.05) is 30.0 Å². The summed E-state index contributed by atoms with van der Waals surface area (Å²) in [4.78, 5) is 35.5. The number of aryl methyl sites for hydroxylation is 1. The van der Waals surface area contributed by atoms with Crippen molar-refractivity contribution in [2.24, 2.45) is 0 Å². The maximum atomic E-state index is 13.5. The Morgan fingerprint density at radius 1 is 1.29 bits per heavy atom. The molecule has 11 heteroatoms. The van der Waals surface area contributed by atoms with Gasteiger partial charge < -0.3 is 14.8 Å². The van der Waals surface area contributed by atoms with E-state index in [4.69, 9.17) is 26.7 Å². The van der Waals surface area contributed by atoms with Gasteiger partial charge in [-0.3, -0.25) is 23.8 Å². The lowest BCUT2D eigenvalue weighted by atomic mass is 10.2. The summed E-state index contributed by atoms with van der Waals surface area (Å²) in [7, 11) is 1.62. The third-order valence-electron chi connectivity index (χ3n) is 5.79. The van der Waals surface area contributed by atoms with Crippen LogP contribution in [0.1, 0.15) is 17.5 Å². The number of nitrogens with one attached hydrogen (secondary N) is 1. The number of carbonyl (C=O) groups excluding carboxylic acids is 1. The molecular formula is C23H29N5O4S2. The highest BCUT2D eigenvalue weighted by Crippen LogP contribution is 2.33. The molecule has 182 valence electrons. The zero-order valence-electron chi connectivity index (χ0n) is 19.4. The smallest absolute Gasteiger partial charge is 0.267 e. The minimum atomic E-state index is -0.229. The second-order valence-corrected chi connectivity index (χ2v) is 9.80. The van der Waals surface area contributed by atoms with Crippen molar-refractivity contribution in [2.75, 3.05) is 65.0 Å². The highest BCUT2D eigenvalue weighted by molar-refractivity contribution is 8.26. The molecule has 0 atom stereocenters. The van der Waals surface area contributed by atoms with Crippen molar-refractivity contribution < 1.29 is 14.3 Å². The molecule has 2 aromatic rings. The van der Waals surface area contributed by atoms with Gasteiger partial charge in [-0.2, -0.15) is 0 Å². The number of morpholine rings is 1. The zero-order chi connectivity index (χ0) is 24.1. The van der Waals surface area contributed by atoms with Crippen LogP contribution in [-0.2, 0) is 14.3 Å². The lowest BCUT2D eigenvalue weighted by Gasteiger charge is -2.26. The van der Waals surface area contributed by atoms with Crippen molar-refractivity contribution in [2.45, 2.75) is 13.3 Å². The Kier molecular flexibility index (Phi) is 8.32. The summed E-state index contributed by atoms with van der Waals surface area (Å²) in [6.45, 7) is 7.59. The van der Waals surface area contributed by atoms with E-state index in [2.05, 4.69) is 10.2 Å². The molecule has 2 aliphatic heterocycles. The maximum absolute atomic E-state index is 13.5. The summed E-state index contributed by atoms with van der Waals surface area (Å²) in [6.07, 6.45) is 4.00. The van der Waals surface area contributed by atoms with Gasteiger partial charge >= 0.3 is 0 Å². The molecule has 0 saturated carbocycles. The fourth-order valence-electron chi connectivity index (χ4n) is 3.92. The van der Waals surface area contributed by atoms with Gasteiger partial charge in [0.05, 0.1) is 23.7 Å². The Hall–Kier alpha value is -2.31. The number of pyridine rings is 1. The molecule has 9 nitrogen and oxygen atoms in total. The minimum absolute atomic E-state index is 0.195. The number of aromatic nitrogens is 2. The largest absolute Gasteiger partial charge is 0.385 e. The third kappa shape index (κ3) is 5.49. The van der Waals surface area contributed by atoms with Crippen LogP contribution >= 0.6 is 24.0 Å². The highest BCUT2D eigenvalue weighted by atomic mass is 32.2. The van der Waals surface area contributed by atoms with Gasteiger partial charge in [-0.15, -0.1) is 0 Å². The first-order valence-corrected chi connectivity index (χ1v) is 12.5. The Labute approximate surface area is 208 Å². The van der Waals surface area contributed by atoms with Crippen LogP contribution < -0.4 is 10.9 Å². The van der Waals surface area contributed by atoms with Crippen LogP contribution in [-0.4, -0.2) is 89.1 Å². The average molecular weight is 504 g/mol. The van der Waals surface area contributed by atoms with Gasteiger partial charge in [-0.05, 0) is 31.1 Å². The first-order chi connectivity index (χ1) is 16.5. The average Bonchev–Trinajstić information content (AvgIpc) is 3.10. The molecule has 1 amide bonds. The molecular weight excluding hydrogens is 474 g/mol. The number of thioether (sulfide) groups is 1. The standard InChI is InChI=1S/C23H29N5O4S2/c1-16-5-3-7-27-20(16)25-19(24-6-9-26-10-13-32-14-11-26)17(21(27)29)15-18-22(30)28(23(33)34-18)8-4-12-31-2/h3,5,7,15,24H,4,6,8-14H2,1-2H3/b18-15-. The molecule has 0 aliphatic carbocycles. The molecule has 0 unspecified atom stereocenters. The lowest BCUT2D eigenvalue weighted by Crippen LogP contribution is -2.39. The molecule has 2 fully saturated rings. The first kappa shape index (κ1) is 24.8. The number of hydrogen-bond donors (Lipinski definition) is 1. The highest BCUT2D eigenvalue weighted by Gasteiger charge is 2.32. The Morgan fingerprint density at radius 2 is 2.09 bits per heavy atom. The molecule has 34 heavy (non-hydrogen) atoms. The fourth-order valence-corrected chi connectivity index (χ4v) is 5.21. The summed E-state index contributed by atoms with van der Waals surface area (Å²) >= 11 is 6.63. The van der Waals surface area contributed by atoms with Crippen molar-refractivity contribution >= 4 is 51.7 Å². The number of anilines is 1. The predicted octanol–water partition coefficient (Wildman–Crippen LogP) is 1.98. The van der Waals surface area contributed by atoms with Crippen molar-refractivity contribution in [3.05, 3.63) is 44.7 Å². The SMILES string of the molecule is COCCCN1C(=O)/C(=C/c2c(NCCN3CCOCC3)nc3c(C)cccn3c2=O)SC1=S. The summed E-state index contributed by atoms with van der Waals surface area (Å²) in [5.74, 6) is 0.274. The van der Waals surface area contributed by atoms with Crippen LogP contribution in [0.3, 0.4) is 0 Å². The van der Waals surface area contributed by atoms with Crippen LogP contribution in [0.25, 0.3) is 11.7 Å². The normalized spacial score (nSPS) is 18.4. The van der Waals surface area contributed by atoms with E-state index >= 15 is 0 Å². The van der Waals surface area contributed by atoms with E-state index in [0.717, 1.165) is 38.4 Å². The molecule has 0 bridgehead atoms. The van der Waals surface area contributed by atoms with E-state index in [1.54, 1.807) is 24.3 Å². The number of rotatable bonds is 9. The van der Waals surface area contributed by atoms with Gasteiger partial charge in [0, 0.05) is 52.6 Å². The lowest BCUT2D eigenvalue weighted by molar-refractivity contribution is -0.122. The summed E-state index contributed by atoms with van der Waals surface area (Å²) in [5.41, 5.74) is 1.60. The number of fused-ring (bicyclic) bond motifs is 1. The molecule has 2 saturated heterocycles. The van der Waals surface area contributed by atoms with E-state index in [9.17, 15) is 9.59 Å². The number of nitrogens with zero attached hydrogens (tertiary/aromatic N) is 4. The van der Waals surface area contributed by atoms with Crippen LogP contribution in [0.2, 0.25) is 0 Å². The van der Waals surface area contributed by atoms with Crippen molar-refractivity contribution in [3.63, 3.8) is 0 Å². The predicted molar refractivity (Wildman–Crippen MR) is 138 cm³/mol. The van der Waals surface area contributed by atoms with Gasteiger partial charge in [0.15, 0.2) is 0 Å². The minimum Gasteiger partial charge on any atom is -0.385 e. The fraction of sp³-hybridized carbons (Fsp3) is 0.478. The molecule has 4 rings (SSSR count). The Morgan fingerprint density at radius 3 is 2.85 bits per heavy atom. The monoisotopic (exact) mass is 503 g/mol. The number of ether oxygens (including phenoxy) is 2. The molecule has 0 spiro atoms. The molecule has 0 aromatic carbocycles. The second-order valence-electron chi connectivity index (χ2n) is 8.12. The third-order valence-corrected chi connectivity index (χ3v) is 7.17. The van der Waals surface area contributed by atoms with E-state index < -0.39 is 0 Å². The second kappa shape index (κ2) is 11.4. The maximum Gasteiger partial charge on any atom is 0.267 e. The van der Waals surface area contributed by atoms with Crippen LogP contribution in [0.4, 0.5) is 5.82 Å². The molecule has 2 aromatic heterocycles. The molecule has 1 N–H and O–H groups in total. The topological polar surface area (TPSA) is 88.4 Å². The number of methoxy groups -OCH3 is 1. The quantitative estimate of drug-likeness (QED) is 0.314. The van der Waals surface area contributed by atoms with Crippen molar-refractivity contribution in [1.82, 2.24) is 19.2 Å². The van der Waals surface area contributed by atoms with Gasteiger partial charge in [-0.25, -0.2) is 4.98 Å².